The van der Waals surface area contributed by atoms with Crippen molar-refractivity contribution in [2.45, 2.75) is 31.7 Å². The van der Waals surface area contributed by atoms with Crippen molar-refractivity contribution in [3.05, 3.63) is 75.4 Å². The van der Waals surface area contributed by atoms with E-state index in [4.69, 9.17) is 28.3 Å². The SMILES string of the molecule is Clc1ccc(-n2nc(C3CCCN(Cc4ccccc4)C3)c3c2NCC3)cc1Cl. The topological polar surface area (TPSA) is 33.1 Å². The first-order chi connectivity index (χ1) is 14.2. The van der Waals surface area contributed by atoms with Gasteiger partial charge in [0.1, 0.15) is 5.82 Å². The normalized spacial score (nSPS) is 19.2. The first kappa shape index (κ1) is 19.0. The lowest BCUT2D eigenvalue weighted by molar-refractivity contribution is 0.198. The minimum atomic E-state index is 0.463. The van der Waals surface area contributed by atoms with Gasteiger partial charge in [-0.1, -0.05) is 53.5 Å². The van der Waals surface area contributed by atoms with Gasteiger partial charge in [-0.15, -0.1) is 0 Å². The summed E-state index contributed by atoms with van der Waals surface area (Å²) in [6.45, 7) is 4.17. The fourth-order valence-corrected chi connectivity index (χ4v) is 4.89. The van der Waals surface area contributed by atoms with Crippen molar-refractivity contribution < 1.29 is 0 Å². The van der Waals surface area contributed by atoms with Gasteiger partial charge in [0.25, 0.3) is 0 Å². The van der Waals surface area contributed by atoms with Crippen LogP contribution in [-0.4, -0.2) is 34.3 Å². The van der Waals surface area contributed by atoms with Gasteiger partial charge in [-0.05, 0) is 49.6 Å². The molecule has 3 heterocycles. The van der Waals surface area contributed by atoms with E-state index in [1.807, 2.05) is 22.9 Å². The molecule has 1 fully saturated rings. The van der Waals surface area contributed by atoms with Crippen molar-refractivity contribution in [3.63, 3.8) is 0 Å². The number of nitrogens with zero attached hydrogens (tertiary/aromatic N) is 3. The Labute approximate surface area is 181 Å². The zero-order valence-electron chi connectivity index (χ0n) is 16.2. The van der Waals surface area contributed by atoms with Crippen LogP contribution in [0.1, 0.15) is 35.6 Å². The van der Waals surface area contributed by atoms with Crippen molar-refractivity contribution in [2.75, 3.05) is 25.0 Å². The van der Waals surface area contributed by atoms with Crippen LogP contribution in [-0.2, 0) is 13.0 Å². The van der Waals surface area contributed by atoms with E-state index in [1.54, 1.807) is 0 Å². The summed E-state index contributed by atoms with van der Waals surface area (Å²) < 4.78 is 2.01. The number of fused-ring (bicyclic) bond motifs is 1. The second-order valence-corrected chi connectivity index (χ2v) is 8.77. The first-order valence-corrected chi connectivity index (χ1v) is 11.0. The number of hydrogen-bond acceptors (Lipinski definition) is 3. The Kier molecular flexibility index (Phi) is 5.25. The number of hydrogen-bond donors (Lipinski definition) is 1. The molecule has 0 aliphatic carbocycles. The predicted octanol–water partition coefficient (Wildman–Crippen LogP) is 5.53. The lowest BCUT2D eigenvalue weighted by atomic mass is 9.91. The summed E-state index contributed by atoms with van der Waals surface area (Å²) in [4.78, 5) is 2.57. The fourth-order valence-electron chi connectivity index (χ4n) is 4.60. The van der Waals surface area contributed by atoms with Gasteiger partial charge in [-0.3, -0.25) is 4.90 Å². The monoisotopic (exact) mass is 426 g/mol. The average molecular weight is 427 g/mol. The van der Waals surface area contributed by atoms with Crippen molar-refractivity contribution in [3.8, 4) is 5.69 Å². The van der Waals surface area contributed by atoms with Gasteiger partial charge in [-0.2, -0.15) is 5.10 Å². The summed E-state index contributed by atoms with van der Waals surface area (Å²) in [5.41, 5.74) is 4.94. The second-order valence-electron chi connectivity index (χ2n) is 7.96. The smallest absolute Gasteiger partial charge is 0.133 e. The minimum absolute atomic E-state index is 0.463. The average Bonchev–Trinajstić information content (AvgIpc) is 3.34. The van der Waals surface area contributed by atoms with Crippen LogP contribution in [0.5, 0.6) is 0 Å². The Morgan fingerprint density at radius 1 is 1.07 bits per heavy atom. The van der Waals surface area contributed by atoms with Crippen LogP contribution in [0.4, 0.5) is 5.82 Å². The Balaban J connectivity index is 1.43. The Morgan fingerprint density at radius 2 is 1.93 bits per heavy atom. The summed E-state index contributed by atoms with van der Waals surface area (Å²) in [5.74, 6) is 1.57. The highest BCUT2D eigenvalue weighted by atomic mass is 35.5. The molecule has 4 nitrogen and oxygen atoms in total. The summed E-state index contributed by atoms with van der Waals surface area (Å²) in [6.07, 6.45) is 3.43. The van der Waals surface area contributed by atoms with E-state index in [1.165, 1.54) is 29.7 Å². The summed E-state index contributed by atoms with van der Waals surface area (Å²) in [6, 6.07) is 16.5. The lowest BCUT2D eigenvalue weighted by Gasteiger charge is -2.32. The highest BCUT2D eigenvalue weighted by Crippen LogP contribution is 2.37. The molecular weight excluding hydrogens is 403 g/mol. The van der Waals surface area contributed by atoms with Gasteiger partial charge in [0.2, 0.25) is 0 Å². The zero-order valence-corrected chi connectivity index (χ0v) is 17.8. The van der Waals surface area contributed by atoms with E-state index < -0.39 is 0 Å². The Bertz CT molecular complexity index is 1020. The fraction of sp³-hybridized carbons (Fsp3) is 0.348. The number of benzene rings is 2. The molecule has 6 heteroatoms. The molecular formula is C23H24Cl2N4. The van der Waals surface area contributed by atoms with Crippen LogP contribution < -0.4 is 5.32 Å². The molecule has 0 spiro atoms. The van der Waals surface area contributed by atoms with Gasteiger partial charge in [-0.25, -0.2) is 4.68 Å². The Morgan fingerprint density at radius 3 is 2.76 bits per heavy atom. The molecule has 1 atom stereocenters. The van der Waals surface area contributed by atoms with Gasteiger partial charge in [0, 0.05) is 31.1 Å². The van der Waals surface area contributed by atoms with Crippen molar-refractivity contribution in [1.29, 1.82) is 0 Å². The predicted molar refractivity (Wildman–Crippen MR) is 119 cm³/mol. The van der Waals surface area contributed by atoms with E-state index in [9.17, 15) is 0 Å². The molecule has 0 radical (unpaired) electrons. The molecule has 150 valence electrons. The third-order valence-corrected chi connectivity index (χ3v) is 6.71. The number of nitrogens with one attached hydrogen (secondary N) is 1. The zero-order chi connectivity index (χ0) is 19.8. The van der Waals surface area contributed by atoms with Gasteiger partial charge >= 0.3 is 0 Å². The summed E-state index contributed by atoms with van der Waals surface area (Å²) in [5, 5.41) is 9.71. The third-order valence-electron chi connectivity index (χ3n) is 5.97. The molecule has 5 rings (SSSR count). The number of rotatable bonds is 4. The molecule has 0 bridgehead atoms. The van der Waals surface area contributed by atoms with Crippen LogP contribution in [0.25, 0.3) is 5.69 Å². The van der Waals surface area contributed by atoms with Crippen LogP contribution in [0.3, 0.4) is 0 Å². The van der Waals surface area contributed by atoms with Gasteiger partial charge in [0.15, 0.2) is 0 Å². The van der Waals surface area contributed by atoms with Crippen molar-refractivity contribution >= 4 is 29.0 Å². The standard InChI is InChI=1S/C23H24Cl2N4/c24-20-9-8-18(13-21(20)25)29-23-19(10-11-26-23)22(27-29)17-7-4-12-28(15-17)14-16-5-2-1-3-6-16/h1-3,5-6,8-9,13,17,26H,4,7,10-12,14-15H2. The number of halogens is 2. The number of likely N-dealkylation sites (tertiary alicyclic amines) is 1. The summed E-state index contributed by atoms with van der Waals surface area (Å²) >= 11 is 12.4. The van der Waals surface area contributed by atoms with Crippen LogP contribution in [0.15, 0.2) is 48.5 Å². The quantitative estimate of drug-likeness (QED) is 0.595. The molecule has 0 amide bonds. The summed E-state index contributed by atoms with van der Waals surface area (Å²) in [7, 11) is 0. The first-order valence-electron chi connectivity index (χ1n) is 10.3. The molecule has 1 N–H and O–H groups in total. The maximum atomic E-state index is 6.27. The van der Waals surface area contributed by atoms with Crippen LogP contribution in [0.2, 0.25) is 10.0 Å². The molecule has 3 aromatic rings. The second kappa shape index (κ2) is 8.02. The maximum Gasteiger partial charge on any atom is 0.133 e. The Hall–Kier alpha value is -2.01. The van der Waals surface area contributed by atoms with Gasteiger partial charge < -0.3 is 5.32 Å². The highest BCUT2D eigenvalue weighted by molar-refractivity contribution is 6.42. The number of piperidine rings is 1. The minimum Gasteiger partial charge on any atom is -0.369 e. The number of aromatic nitrogens is 2. The molecule has 1 saturated heterocycles. The molecule has 2 aliphatic heterocycles. The largest absolute Gasteiger partial charge is 0.369 e. The van der Waals surface area contributed by atoms with E-state index >= 15 is 0 Å². The van der Waals surface area contributed by atoms with Gasteiger partial charge in [0.05, 0.1) is 21.4 Å². The maximum absolute atomic E-state index is 6.27. The van der Waals surface area contributed by atoms with Crippen molar-refractivity contribution in [2.24, 2.45) is 0 Å². The van der Waals surface area contributed by atoms with Crippen molar-refractivity contribution in [1.82, 2.24) is 14.7 Å². The highest BCUT2D eigenvalue weighted by Gasteiger charge is 2.30. The van der Waals surface area contributed by atoms with E-state index in [2.05, 4.69) is 40.5 Å². The van der Waals surface area contributed by atoms with E-state index in [0.717, 1.165) is 44.1 Å². The van der Waals surface area contributed by atoms with E-state index in [-0.39, 0.29) is 0 Å². The molecule has 1 unspecified atom stereocenters. The molecule has 1 aromatic heterocycles. The van der Waals surface area contributed by atoms with E-state index in [0.29, 0.717) is 16.0 Å². The molecule has 2 aliphatic rings. The molecule has 2 aromatic carbocycles. The molecule has 0 saturated carbocycles. The lowest BCUT2D eigenvalue weighted by Crippen LogP contribution is -2.34. The molecule has 29 heavy (non-hydrogen) atoms. The third kappa shape index (κ3) is 3.77. The van der Waals surface area contributed by atoms with Crippen LogP contribution >= 0.6 is 23.2 Å². The number of anilines is 1. The van der Waals surface area contributed by atoms with Crippen LogP contribution in [0, 0.1) is 0 Å².